The minimum atomic E-state index is -0.312. The Morgan fingerprint density at radius 2 is 2.24 bits per heavy atom. The molecule has 0 unspecified atom stereocenters. The molecule has 2 rings (SSSR count). The Labute approximate surface area is 130 Å². The van der Waals surface area contributed by atoms with Gasteiger partial charge in [-0.3, -0.25) is 9.59 Å². The Morgan fingerprint density at radius 1 is 1.43 bits per heavy atom. The molecular formula is C13H13ClN4O2S. The number of nitrogens with two attached hydrogens (primary N) is 1. The first kappa shape index (κ1) is 15.4. The summed E-state index contributed by atoms with van der Waals surface area (Å²) in [6, 6.07) is 8.12. The molecule has 0 atom stereocenters. The third-order valence-corrected chi connectivity index (χ3v) is 3.53. The molecule has 1 aromatic carbocycles. The lowest BCUT2D eigenvalue weighted by Crippen LogP contribution is -2.13. The smallest absolute Gasteiger partial charge is 0.253 e. The molecule has 0 aliphatic rings. The lowest BCUT2D eigenvalue weighted by atomic mass is 10.3. The summed E-state index contributed by atoms with van der Waals surface area (Å²) >= 11 is 7.09. The number of rotatable bonds is 5. The number of nitrogens with zero attached hydrogens (tertiary/aromatic N) is 1. The predicted octanol–water partition coefficient (Wildman–Crippen LogP) is 2.13. The van der Waals surface area contributed by atoms with Crippen LogP contribution in [0.5, 0.6) is 0 Å². The number of nitrogens with one attached hydrogen (secondary N) is 2. The number of aromatic amines is 1. The summed E-state index contributed by atoms with van der Waals surface area (Å²) in [6.45, 7) is 0. The number of carbonyl (C=O) groups excluding carboxylic acids is 1. The number of hydrogen-bond donors (Lipinski definition) is 3. The SMILES string of the molecule is Nc1cc(=O)[nH]c(SCCC(=O)Nc2cccc(Cl)c2)n1. The number of anilines is 2. The number of benzene rings is 1. The van der Waals surface area contributed by atoms with E-state index in [4.69, 9.17) is 17.3 Å². The zero-order valence-electron chi connectivity index (χ0n) is 10.9. The van der Waals surface area contributed by atoms with Crippen LogP contribution in [0.25, 0.3) is 0 Å². The van der Waals surface area contributed by atoms with E-state index in [-0.39, 0.29) is 23.7 Å². The Bertz CT molecular complexity index is 705. The maximum Gasteiger partial charge on any atom is 0.253 e. The van der Waals surface area contributed by atoms with Gasteiger partial charge in [0.1, 0.15) is 5.82 Å². The van der Waals surface area contributed by atoms with E-state index in [2.05, 4.69) is 15.3 Å². The summed E-state index contributed by atoms with van der Waals surface area (Å²) in [5, 5.41) is 3.70. The Hall–Kier alpha value is -1.99. The molecule has 1 amide bonds. The topological polar surface area (TPSA) is 101 Å². The van der Waals surface area contributed by atoms with Gasteiger partial charge in [0.25, 0.3) is 5.56 Å². The number of hydrogen-bond acceptors (Lipinski definition) is 5. The summed E-state index contributed by atoms with van der Waals surface area (Å²) in [5.41, 5.74) is 5.81. The molecule has 8 heteroatoms. The molecule has 0 aliphatic heterocycles. The van der Waals surface area contributed by atoms with E-state index in [1.54, 1.807) is 24.3 Å². The Morgan fingerprint density at radius 3 is 2.95 bits per heavy atom. The second kappa shape index (κ2) is 7.14. The maximum atomic E-state index is 11.8. The van der Waals surface area contributed by atoms with Crippen molar-refractivity contribution in [3.05, 3.63) is 45.7 Å². The van der Waals surface area contributed by atoms with Gasteiger partial charge in [0.15, 0.2) is 5.16 Å². The van der Waals surface area contributed by atoms with Crippen LogP contribution in [-0.2, 0) is 4.79 Å². The average molecular weight is 325 g/mol. The molecule has 110 valence electrons. The zero-order valence-corrected chi connectivity index (χ0v) is 12.5. The van der Waals surface area contributed by atoms with Crippen molar-refractivity contribution in [1.82, 2.24) is 9.97 Å². The molecule has 0 fully saturated rings. The van der Waals surface area contributed by atoms with E-state index in [0.717, 1.165) is 0 Å². The first-order valence-corrected chi connectivity index (χ1v) is 7.44. The van der Waals surface area contributed by atoms with E-state index in [1.165, 1.54) is 17.8 Å². The van der Waals surface area contributed by atoms with Gasteiger partial charge in [-0.05, 0) is 18.2 Å². The molecule has 21 heavy (non-hydrogen) atoms. The molecule has 0 radical (unpaired) electrons. The molecule has 2 aromatic rings. The van der Waals surface area contributed by atoms with Crippen molar-refractivity contribution in [2.24, 2.45) is 0 Å². The monoisotopic (exact) mass is 324 g/mol. The Balaban J connectivity index is 1.83. The van der Waals surface area contributed by atoms with Crippen LogP contribution < -0.4 is 16.6 Å². The highest BCUT2D eigenvalue weighted by Crippen LogP contribution is 2.16. The first-order chi connectivity index (χ1) is 10.0. The van der Waals surface area contributed by atoms with Crippen LogP contribution in [0, 0.1) is 0 Å². The lowest BCUT2D eigenvalue weighted by Gasteiger charge is -2.05. The summed E-state index contributed by atoms with van der Waals surface area (Å²) in [6.07, 6.45) is 0.274. The fraction of sp³-hybridized carbons (Fsp3) is 0.154. The Kier molecular flexibility index (Phi) is 5.24. The standard InChI is InChI=1S/C13H13ClN4O2S/c14-8-2-1-3-9(6-8)16-11(19)4-5-21-13-17-10(15)7-12(20)18-13/h1-3,6-7H,4-5H2,(H,16,19)(H3,15,17,18,20). The van der Waals surface area contributed by atoms with E-state index < -0.39 is 0 Å². The van der Waals surface area contributed by atoms with Crippen LogP contribution in [0.2, 0.25) is 5.02 Å². The number of amides is 1. The van der Waals surface area contributed by atoms with Crippen LogP contribution in [0.4, 0.5) is 11.5 Å². The van der Waals surface area contributed by atoms with Gasteiger partial charge in [-0.2, -0.15) is 0 Å². The first-order valence-electron chi connectivity index (χ1n) is 6.08. The summed E-state index contributed by atoms with van der Waals surface area (Å²) in [7, 11) is 0. The number of halogens is 1. The number of nitrogen functional groups attached to an aromatic ring is 1. The van der Waals surface area contributed by atoms with Gasteiger partial charge < -0.3 is 16.0 Å². The second-order valence-corrected chi connectivity index (χ2v) is 5.65. The zero-order chi connectivity index (χ0) is 15.2. The van der Waals surface area contributed by atoms with Gasteiger partial charge in [-0.1, -0.05) is 29.4 Å². The normalized spacial score (nSPS) is 10.3. The third kappa shape index (κ3) is 5.13. The van der Waals surface area contributed by atoms with Crippen molar-refractivity contribution in [2.45, 2.75) is 11.6 Å². The predicted molar refractivity (Wildman–Crippen MR) is 84.7 cm³/mol. The molecule has 0 saturated carbocycles. The van der Waals surface area contributed by atoms with Gasteiger partial charge in [0.05, 0.1) is 0 Å². The molecule has 1 aromatic heterocycles. The fourth-order valence-corrected chi connectivity index (χ4v) is 2.57. The van der Waals surface area contributed by atoms with Gasteiger partial charge in [-0.15, -0.1) is 0 Å². The van der Waals surface area contributed by atoms with Gasteiger partial charge in [0, 0.05) is 29.0 Å². The highest BCUT2D eigenvalue weighted by atomic mass is 35.5. The van der Waals surface area contributed by atoms with Crippen molar-refractivity contribution >= 4 is 40.8 Å². The summed E-state index contributed by atoms with van der Waals surface area (Å²) < 4.78 is 0. The van der Waals surface area contributed by atoms with Gasteiger partial charge in [0.2, 0.25) is 5.91 Å². The average Bonchev–Trinajstić information content (AvgIpc) is 2.37. The molecule has 6 nitrogen and oxygen atoms in total. The number of aromatic nitrogens is 2. The van der Waals surface area contributed by atoms with Crippen molar-refractivity contribution in [3.63, 3.8) is 0 Å². The summed E-state index contributed by atoms with van der Waals surface area (Å²) in [5.74, 6) is 0.486. The van der Waals surface area contributed by atoms with Crippen LogP contribution in [0.3, 0.4) is 0 Å². The largest absolute Gasteiger partial charge is 0.383 e. The molecule has 0 spiro atoms. The van der Waals surface area contributed by atoms with Crippen molar-refractivity contribution in [2.75, 3.05) is 16.8 Å². The third-order valence-electron chi connectivity index (χ3n) is 2.42. The molecular weight excluding hydrogens is 312 g/mol. The van der Waals surface area contributed by atoms with Crippen molar-refractivity contribution in [1.29, 1.82) is 0 Å². The number of H-pyrrole nitrogens is 1. The maximum absolute atomic E-state index is 11.8. The van der Waals surface area contributed by atoms with Crippen LogP contribution in [0.1, 0.15) is 6.42 Å². The molecule has 0 saturated heterocycles. The number of thioether (sulfide) groups is 1. The molecule has 1 heterocycles. The van der Waals surface area contributed by atoms with Crippen LogP contribution >= 0.6 is 23.4 Å². The van der Waals surface area contributed by atoms with E-state index in [1.807, 2.05) is 0 Å². The fourth-order valence-electron chi connectivity index (χ4n) is 1.55. The number of carbonyl (C=O) groups is 1. The van der Waals surface area contributed by atoms with Crippen LogP contribution in [-0.4, -0.2) is 21.6 Å². The van der Waals surface area contributed by atoms with E-state index in [9.17, 15) is 9.59 Å². The quantitative estimate of drug-likeness (QED) is 0.577. The van der Waals surface area contributed by atoms with Gasteiger partial charge in [-0.25, -0.2) is 4.98 Å². The van der Waals surface area contributed by atoms with Crippen molar-refractivity contribution in [3.8, 4) is 0 Å². The molecule has 4 N–H and O–H groups in total. The minimum Gasteiger partial charge on any atom is -0.383 e. The van der Waals surface area contributed by atoms with E-state index >= 15 is 0 Å². The second-order valence-electron chi connectivity index (χ2n) is 4.13. The lowest BCUT2D eigenvalue weighted by molar-refractivity contribution is -0.115. The van der Waals surface area contributed by atoms with E-state index in [0.29, 0.717) is 21.6 Å². The molecule has 0 aliphatic carbocycles. The minimum absolute atomic E-state index is 0.143. The van der Waals surface area contributed by atoms with Crippen LogP contribution in [0.15, 0.2) is 40.3 Å². The summed E-state index contributed by atoms with van der Waals surface area (Å²) in [4.78, 5) is 29.5. The van der Waals surface area contributed by atoms with Gasteiger partial charge >= 0.3 is 0 Å². The van der Waals surface area contributed by atoms with Crippen molar-refractivity contribution < 1.29 is 4.79 Å². The highest BCUT2D eigenvalue weighted by Gasteiger charge is 2.05. The highest BCUT2D eigenvalue weighted by molar-refractivity contribution is 7.99. The molecule has 0 bridgehead atoms.